The minimum Gasteiger partial charge on any atom is -0.507 e. The summed E-state index contributed by atoms with van der Waals surface area (Å²) in [5, 5.41) is 11.2. The van der Waals surface area contributed by atoms with Crippen LogP contribution in [0.25, 0.3) is 11.1 Å². The van der Waals surface area contributed by atoms with Gasteiger partial charge in [-0.05, 0) is 48.4 Å². The molecule has 0 aliphatic rings. The lowest BCUT2D eigenvalue weighted by atomic mass is 9.89. The first-order valence-corrected chi connectivity index (χ1v) is 11.7. The molecule has 0 aromatic heterocycles. The van der Waals surface area contributed by atoms with Crippen LogP contribution < -0.4 is 0 Å². The molecule has 1 N–H and O–H groups in total. The van der Waals surface area contributed by atoms with E-state index in [1.165, 1.54) is 18.4 Å². The summed E-state index contributed by atoms with van der Waals surface area (Å²) in [6, 6.07) is 21.3. The summed E-state index contributed by atoms with van der Waals surface area (Å²) in [5.41, 5.74) is 5.13. The van der Waals surface area contributed by atoms with Crippen molar-refractivity contribution in [3.8, 4) is 16.9 Å². The summed E-state index contributed by atoms with van der Waals surface area (Å²) >= 11 is 0. The number of phenols is 1. The minimum atomic E-state index is -0.0143. The van der Waals surface area contributed by atoms with Gasteiger partial charge in [-0.25, -0.2) is 0 Å². The number of ketones is 1. The Hall–Kier alpha value is -2.87. The first-order valence-electron chi connectivity index (χ1n) is 11.7. The molecule has 0 atom stereocenters. The molecule has 0 saturated heterocycles. The van der Waals surface area contributed by atoms with Crippen LogP contribution in [0.2, 0.25) is 0 Å². The van der Waals surface area contributed by atoms with E-state index in [0.717, 1.165) is 55.2 Å². The first kappa shape index (κ1) is 22.8. The quantitative estimate of drug-likeness (QED) is 0.257. The second-order valence-corrected chi connectivity index (χ2v) is 8.31. The largest absolute Gasteiger partial charge is 0.507 e. The third kappa shape index (κ3) is 5.85. The Bertz CT molecular complexity index is 989. The van der Waals surface area contributed by atoms with Crippen molar-refractivity contribution in [1.82, 2.24) is 0 Å². The Labute approximate surface area is 187 Å². The molecule has 0 heterocycles. The third-order valence-corrected chi connectivity index (χ3v) is 5.87. The second kappa shape index (κ2) is 11.5. The number of hydrogen-bond acceptors (Lipinski definition) is 2. The van der Waals surface area contributed by atoms with Crippen molar-refractivity contribution in [2.75, 3.05) is 0 Å². The van der Waals surface area contributed by atoms with Crippen LogP contribution >= 0.6 is 0 Å². The zero-order valence-corrected chi connectivity index (χ0v) is 18.9. The van der Waals surface area contributed by atoms with Gasteiger partial charge >= 0.3 is 0 Å². The van der Waals surface area contributed by atoms with Crippen molar-refractivity contribution in [2.45, 2.75) is 65.2 Å². The van der Waals surface area contributed by atoms with Crippen molar-refractivity contribution in [2.24, 2.45) is 0 Å². The normalized spacial score (nSPS) is 10.9. The Morgan fingerprint density at radius 2 is 1.39 bits per heavy atom. The number of benzene rings is 3. The molecule has 0 aliphatic carbocycles. The summed E-state index contributed by atoms with van der Waals surface area (Å²) in [6.45, 7) is 4.40. The number of unbranched alkanes of at least 4 members (excludes halogenated alkanes) is 4. The molecule has 162 valence electrons. The summed E-state index contributed by atoms with van der Waals surface area (Å²) in [6.07, 6.45) is 8.75. The van der Waals surface area contributed by atoms with Crippen molar-refractivity contribution in [3.05, 3.63) is 89.0 Å². The molecule has 2 heteroatoms. The number of aromatic hydroxyl groups is 1. The van der Waals surface area contributed by atoms with Gasteiger partial charge < -0.3 is 5.11 Å². The van der Waals surface area contributed by atoms with Crippen LogP contribution in [-0.2, 0) is 12.8 Å². The lowest BCUT2D eigenvalue weighted by Crippen LogP contribution is -2.04. The first-order chi connectivity index (χ1) is 15.2. The molecule has 31 heavy (non-hydrogen) atoms. The number of phenolic OH excluding ortho intramolecular Hbond substituents is 1. The van der Waals surface area contributed by atoms with Crippen molar-refractivity contribution < 1.29 is 9.90 Å². The zero-order valence-electron chi connectivity index (χ0n) is 18.9. The van der Waals surface area contributed by atoms with Crippen molar-refractivity contribution in [1.29, 1.82) is 0 Å². The Kier molecular flexibility index (Phi) is 8.46. The van der Waals surface area contributed by atoms with Crippen molar-refractivity contribution in [3.63, 3.8) is 0 Å². The summed E-state index contributed by atoms with van der Waals surface area (Å²) in [7, 11) is 0. The molecule has 0 bridgehead atoms. The van der Waals surface area contributed by atoms with Crippen LogP contribution in [0.15, 0.2) is 66.7 Å². The number of carbonyl (C=O) groups excluding carboxylic acids is 1. The van der Waals surface area contributed by atoms with E-state index in [4.69, 9.17) is 0 Å². The van der Waals surface area contributed by atoms with Gasteiger partial charge in [0.15, 0.2) is 5.78 Å². The van der Waals surface area contributed by atoms with E-state index in [0.29, 0.717) is 16.9 Å². The summed E-state index contributed by atoms with van der Waals surface area (Å²) in [5.74, 6) is 0.308. The van der Waals surface area contributed by atoms with Gasteiger partial charge in [-0.15, -0.1) is 0 Å². The maximum Gasteiger partial charge on any atom is 0.193 e. The monoisotopic (exact) mass is 414 g/mol. The predicted molar refractivity (Wildman–Crippen MR) is 130 cm³/mol. The van der Waals surface area contributed by atoms with Gasteiger partial charge in [0, 0.05) is 16.7 Å². The number of aryl methyl sites for hydroxylation is 2. The maximum absolute atomic E-state index is 13.3. The van der Waals surface area contributed by atoms with Gasteiger partial charge in [-0.1, -0.05) is 100 Å². The highest BCUT2D eigenvalue weighted by molar-refractivity contribution is 6.13. The van der Waals surface area contributed by atoms with Gasteiger partial charge in [-0.3, -0.25) is 4.79 Å². The second-order valence-electron chi connectivity index (χ2n) is 8.31. The Morgan fingerprint density at radius 1 is 0.742 bits per heavy atom. The average molecular weight is 415 g/mol. The molecule has 3 rings (SSSR count). The molecule has 0 saturated carbocycles. The van der Waals surface area contributed by atoms with Crippen LogP contribution in [-0.4, -0.2) is 10.9 Å². The maximum atomic E-state index is 13.3. The number of hydrogen-bond donors (Lipinski definition) is 1. The van der Waals surface area contributed by atoms with Crippen LogP contribution in [0.4, 0.5) is 0 Å². The molecule has 0 aliphatic heterocycles. The van der Waals surface area contributed by atoms with Gasteiger partial charge in [0.25, 0.3) is 0 Å². The van der Waals surface area contributed by atoms with Crippen LogP contribution in [0.3, 0.4) is 0 Å². The van der Waals surface area contributed by atoms with E-state index < -0.39 is 0 Å². The van der Waals surface area contributed by atoms with E-state index in [1.54, 1.807) is 0 Å². The Balaban J connectivity index is 2.05. The molecular weight excluding hydrogens is 380 g/mol. The average Bonchev–Trinajstić information content (AvgIpc) is 2.81. The molecule has 3 aromatic carbocycles. The van der Waals surface area contributed by atoms with Gasteiger partial charge in [0.05, 0.1) is 0 Å². The third-order valence-electron chi connectivity index (χ3n) is 5.87. The van der Waals surface area contributed by atoms with Gasteiger partial charge in [0.1, 0.15) is 5.75 Å². The van der Waals surface area contributed by atoms with Crippen LogP contribution in [0.5, 0.6) is 5.75 Å². The smallest absolute Gasteiger partial charge is 0.193 e. The summed E-state index contributed by atoms with van der Waals surface area (Å²) < 4.78 is 0. The van der Waals surface area contributed by atoms with E-state index >= 15 is 0 Å². The molecule has 0 amide bonds. The molecule has 0 radical (unpaired) electrons. The van der Waals surface area contributed by atoms with E-state index in [2.05, 4.69) is 26.0 Å². The lowest BCUT2D eigenvalue weighted by molar-refractivity contribution is 0.103. The van der Waals surface area contributed by atoms with E-state index in [1.807, 2.05) is 54.6 Å². The van der Waals surface area contributed by atoms with Crippen LogP contribution in [0, 0.1) is 0 Å². The topological polar surface area (TPSA) is 37.3 Å². The molecule has 0 spiro atoms. The fraction of sp³-hybridized carbons (Fsp3) is 0.345. The molecule has 0 unspecified atom stereocenters. The van der Waals surface area contributed by atoms with Crippen molar-refractivity contribution >= 4 is 5.78 Å². The molecule has 0 fully saturated rings. The van der Waals surface area contributed by atoms with Gasteiger partial charge in [0.2, 0.25) is 0 Å². The zero-order chi connectivity index (χ0) is 22.1. The molecule has 3 aromatic rings. The standard InChI is InChI=1S/C29H34O2/c1-3-5-8-14-22-20-24(17-9-6-4-2)29(31)27(21-22)25-18-12-13-19-26(25)28(30)23-15-10-7-11-16-23/h7,10-13,15-16,18-21,31H,3-6,8-9,14,17H2,1-2H3. The molecular formula is C29H34O2. The van der Waals surface area contributed by atoms with Crippen LogP contribution in [0.1, 0.15) is 79.4 Å². The van der Waals surface area contributed by atoms with E-state index in [9.17, 15) is 9.90 Å². The fourth-order valence-electron chi connectivity index (χ4n) is 4.11. The highest BCUT2D eigenvalue weighted by Crippen LogP contribution is 2.37. The summed E-state index contributed by atoms with van der Waals surface area (Å²) in [4.78, 5) is 13.3. The number of carbonyl (C=O) groups is 1. The highest BCUT2D eigenvalue weighted by atomic mass is 16.3. The van der Waals surface area contributed by atoms with Gasteiger partial charge in [-0.2, -0.15) is 0 Å². The SMILES string of the molecule is CCCCCc1cc(CCCCC)c(O)c(-c2ccccc2C(=O)c2ccccc2)c1. The molecule has 2 nitrogen and oxygen atoms in total. The fourth-order valence-corrected chi connectivity index (χ4v) is 4.11. The predicted octanol–water partition coefficient (Wildman–Crippen LogP) is 7.76. The number of rotatable bonds is 11. The van der Waals surface area contributed by atoms with E-state index in [-0.39, 0.29) is 5.78 Å². The highest BCUT2D eigenvalue weighted by Gasteiger charge is 2.19. The Morgan fingerprint density at radius 3 is 2.10 bits per heavy atom. The minimum absolute atomic E-state index is 0.0143. The lowest BCUT2D eigenvalue weighted by Gasteiger charge is -2.16.